The molecule has 0 aromatic rings. The molecule has 11 nitrogen and oxygen atoms in total. The highest BCUT2D eigenvalue weighted by molar-refractivity contribution is 7.80. The van der Waals surface area contributed by atoms with Gasteiger partial charge >= 0.3 is 16.4 Å². The molecular formula is C14H24N4O7S. The van der Waals surface area contributed by atoms with E-state index in [4.69, 9.17) is 14.0 Å². The van der Waals surface area contributed by atoms with Crippen LogP contribution in [0, 0.1) is 5.41 Å². The van der Waals surface area contributed by atoms with Crippen molar-refractivity contribution >= 4 is 16.4 Å². The van der Waals surface area contributed by atoms with Crippen molar-refractivity contribution in [2.45, 2.75) is 44.7 Å². The molecule has 4 aliphatic rings. The first-order chi connectivity index (χ1) is 12.2. The van der Waals surface area contributed by atoms with Crippen LogP contribution in [0.2, 0.25) is 0 Å². The number of amides is 2. The average Bonchev–Trinajstić information content (AvgIpc) is 3.24. The van der Waals surface area contributed by atoms with Gasteiger partial charge in [0.2, 0.25) is 0 Å². The molecule has 26 heavy (non-hydrogen) atoms. The Labute approximate surface area is 152 Å². The van der Waals surface area contributed by atoms with E-state index in [9.17, 15) is 13.2 Å². The summed E-state index contributed by atoms with van der Waals surface area (Å²) in [5.41, 5.74) is 2.91. The summed E-state index contributed by atoms with van der Waals surface area (Å²) in [5.74, 6) is 0. The van der Waals surface area contributed by atoms with Crippen LogP contribution in [0.5, 0.6) is 0 Å². The van der Waals surface area contributed by atoms with Crippen LogP contribution in [0.3, 0.4) is 0 Å². The third-order valence-electron chi connectivity index (χ3n) is 5.52. The SMILES string of the molecule is CC1(C)CC(C2OC2NN2CCOCC2)N2CC1N(OS(=O)(=O)O)C2=O. The molecule has 2 N–H and O–H groups in total. The molecule has 0 aromatic heterocycles. The number of hydrazine groups is 1. The van der Waals surface area contributed by atoms with E-state index in [2.05, 4.69) is 9.71 Å². The highest BCUT2D eigenvalue weighted by atomic mass is 32.3. The van der Waals surface area contributed by atoms with Gasteiger partial charge in [-0.2, -0.15) is 13.5 Å². The van der Waals surface area contributed by atoms with Gasteiger partial charge in [0.05, 0.1) is 25.3 Å². The van der Waals surface area contributed by atoms with Crippen LogP contribution in [0.4, 0.5) is 4.79 Å². The molecule has 4 aliphatic heterocycles. The van der Waals surface area contributed by atoms with Crippen LogP contribution in [0.15, 0.2) is 0 Å². The van der Waals surface area contributed by atoms with Crippen LogP contribution in [-0.4, -0.2) is 91.2 Å². The lowest BCUT2D eigenvalue weighted by Gasteiger charge is -2.41. The van der Waals surface area contributed by atoms with E-state index in [1.54, 1.807) is 4.90 Å². The Hall–Kier alpha value is -1.02. The number of hydrogen-bond donors (Lipinski definition) is 2. The summed E-state index contributed by atoms with van der Waals surface area (Å²) in [4.78, 5) is 14.2. The molecule has 2 amide bonds. The largest absolute Gasteiger partial charge is 0.418 e. The maximum atomic E-state index is 12.6. The van der Waals surface area contributed by atoms with Crippen molar-refractivity contribution in [3.8, 4) is 0 Å². The van der Waals surface area contributed by atoms with Crippen LogP contribution in [0.1, 0.15) is 20.3 Å². The summed E-state index contributed by atoms with van der Waals surface area (Å²) in [5, 5.41) is 2.83. The fourth-order valence-corrected chi connectivity index (χ4v) is 4.47. The van der Waals surface area contributed by atoms with Gasteiger partial charge in [0.15, 0.2) is 0 Å². The molecule has 12 heteroatoms. The highest BCUT2D eigenvalue weighted by Crippen LogP contribution is 2.46. The van der Waals surface area contributed by atoms with Crippen molar-refractivity contribution in [2.24, 2.45) is 5.41 Å². The Morgan fingerprint density at radius 2 is 2.00 bits per heavy atom. The number of urea groups is 1. The van der Waals surface area contributed by atoms with Gasteiger partial charge in [0.25, 0.3) is 0 Å². The van der Waals surface area contributed by atoms with Gasteiger partial charge in [0.1, 0.15) is 12.3 Å². The van der Waals surface area contributed by atoms with E-state index in [-0.39, 0.29) is 18.4 Å². The molecule has 4 rings (SSSR count). The number of ether oxygens (including phenoxy) is 2. The summed E-state index contributed by atoms with van der Waals surface area (Å²) in [7, 11) is -4.77. The lowest BCUT2D eigenvalue weighted by Crippen LogP contribution is -2.53. The Balaban J connectivity index is 1.45. The minimum Gasteiger partial charge on any atom is -0.379 e. The van der Waals surface area contributed by atoms with Crippen LogP contribution < -0.4 is 5.43 Å². The molecule has 0 aliphatic carbocycles. The first-order valence-corrected chi connectivity index (χ1v) is 10.0. The number of fused-ring (bicyclic) bond motifs is 2. The van der Waals surface area contributed by atoms with Crippen molar-refractivity contribution in [1.29, 1.82) is 0 Å². The van der Waals surface area contributed by atoms with E-state index in [1.165, 1.54) is 0 Å². The van der Waals surface area contributed by atoms with E-state index in [0.717, 1.165) is 18.2 Å². The van der Waals surface area contributed by atoms with E-state index in [0.29, 0.717) is 26.2 Å². The van der Waals surface area contributed by atoms with Crippen LogP contribution >= 0.6 is 0 Å². The second kappa shape index (κ2) is 6.26. The van der Waals surface area contributed by atoms with Gasteiger partial charge in [-0.15, -0.1) is 4.28 Å². The minimum absolute atomic E-state index is 0.173. The fourth-order valence-electron chi connectivity index (χ4n) is 4.10. The van der Waals surface area contributed by atoms with Gasteiger partial charge in [-0.3, -0.25) is 4.55 Å². The van der Waals surface area contributed by atoms with Gasteiger partial charge < -0.3 is 14.4 Å². The summed E-state index contributed by atoms with van der Waals surface area (Å²) in [6.07, 6.45) is 0.281. The number of piperidine rings is 1. The second-order valence-electron chi connectivity index (χ2n) is 7.79. The lowest BCUT2D eigenvalue weighted by molar-refractivity contribution is -0.0676. The molecule has 4 saturated heterocycles. The van der Waals surface area contributed by atoms with Crippen molar-refractivity contribution < 1.29 is 31.5 Å². The Morgan fingerprint density at radius 3 is 2.65 bits per heavy atom. The standard InChI is InChI=1S/C14H24N4O7S/c1-14(2)7-9(11-12(24-11)15-16-3-5-23-6-4-16)17-8-10(14)18(13(17)19)25-26(20,21)22/h9-12,15H,3-8H2,1-2H3,(H,20,21,22). The zero-order chi connectivity index (χ0) is 18.7. The number of morpholine rings is 1. The van der Waals surface area contributed by atoms with E-state index < -0.39 is 27.9 Å². The highest BCUT2D eigenvalue weighted by Gasteiger charge is 2.61. The Kier molecular flexibility index (Phi) is 4.42. The van der Waals surface area contributed by atoms with E-state index >= 15 is 0 Å². The molecule has 4 atom stereocenters. The molecular weight excluding hydrogens is 368 g/mol. The first-order valence-electron chi connectivity index (χ1n) is 8.67. The normalized spacial score (nSPS) is 37.3. The molecule has 4 heterocycles. The van der Waals surface area contributed by atoms with Crippen molar-refractivity contribution in [3.05, 3.63) is 0 Å². The van der Waals surface area contributed by atoms with Crippen LogP contribution in [0.25, 0.3) is 0 Å². The summed E-state index contributed by atoms with van der Waals surface area (Å²) >= 11 is 0. The molecule has 148 valence electrons. The molecule has 0 spiro atoms. The lowest BCUT2D eigenvalue weighted by atomic mass is 9.75. The molecule has 2 bridgehead atoms. The maximum absolute atomic E-state index is 12.6. The zero-order valence-corrected chi connectivity index (χ0v) is 15.5. The summed E-state index contributed by atoms with van der Waals surface area (Å²) < 4.78 is 46.8. The number of hydrogen-bond acceptors (Lipinski definition) is 8. The number of carbonyl (C=O) groups excluding carboxylic acids is 1. The van der Waals surface area contributed by atoms with E-state index in [1.807, 2.05) is 18.9 Å². The number of nitrogens with zero attached hydrogens (tertiary/aromatic N) is 3. The second-order valence-corrected chi connectivity index (χ2v) is 8.79. The summed E-state index contributed by atoms with van der Waals surface area (Å²) in [6.45, 7) is 7.09. The third-order valence-corrected chi connectivity index (χ3v) is 5.87. The first kappa shape index (κ1) is 18.3. The average molecular weight is 392 g/mol. The van der Waals surface area contributed by atoms with Crippen molar-refractivity contribution in [2.75, 3.05) is 32.8 Å². The number of epoxide rings is 1. The van der Waals surface area contributed by atoms with Gasteiger partial charge in [-0.1, -0.05) is 13.8 Å². The number of rotatable bonds is 5. The van der Waals surface area contributed by atoms with Gasteiger partial charge in [-0.25, -0.2) is 15.2 Å². The predicted octanol–water partition coefficient (Wildman–Crippen LogP) is -0.813. The third kappa shape index (κ3) is 3.42. The number of hydroxylamine groups is 2. The monoisotopic (exact) mass is 392 g/mol. The van der Waals surface area contributed by atoms with Crippen molar-refractivity contribution in [3.63, 3.8) is 0 Å². The molecule has 4 fully saturated rings. The maximum Gasteiger partial charge on any atom is 0.418 e. The van der Waals surface area contributed by atoms with Gasteiger partial charge in [-0.05, 0) is 11.8 Å². The minimum atomic E-state index is -4.77. The Morgan fingerprint density at radius 1 is 1.31 bits per heavy atom. The number of carbonyl (C=O) groups is 1. The fraction of sp³-hybridized carbons (Fsp3) is 0.929. The smallest absolute Gasteiger partial charge is 0.379 e. The quantitative estimate of drug-likeness (QED) is 0.456. The van der Waals surface area contributed by atoms with Gasteiger partial charge in [0, 0.05) is 19.6 Å². The van der Waals surface area contributed by atoms with Crippen molar-refractivity contribution in [1.82, 2.24) is 20.4 Å². The number of nitrogens with one attached hydrogen (secondary N) is 1. The topological polar surface area (TPSA) is 124 Å². The predicted molar refractivity (Wildman–Crippen MR) is 86.7 cm³/mol. The van der Waals surface area contributed by atoms with Crippen LogP contribution in [-0.2, 0) is 24.2 Å². The molecule has 0 radical (unpaired) electrons. The molecule has 0 aromatic carbocycles. The molecule has 0 saturated carbocycles. The zero-order valence-electron chi connectivity index (χ0n) is 14.7. The molecule has 4 unspecified atom stereocenters. The Bertz CT molecular complexity index is 681. The summed E-state index contributed by atoms with van der Waals surface area (Å²) in [6, 6.07) is -1.22.